The summed E-state index contributed by atoms with van der Waals surface area (Å²) in [6.45, 7) is 0.794. The molecule has 0 saturated heterocycles. The average Bonchev–Trinajstić information content (AvgIpc) is 3.20. The van der Waals surface area contributed by atoms with Crippen LogP contribution in [0.3, 0.4) is 0 Å². The molecule has 1 saturated carbocycles. The van der Waals surface area contributed by atoms with Crippen molar-refractivity contribution in [2.45, 2.75) is 25.7 Å². The van der Waals surface area contributed by atoms with Crippen molar-refractivity contribution in [3.63, 3.8) is 0 Å². The fraction of sp³-hybridized carbons (Fsp3) is 0.467. The van der Waals surface area contributed by atoms with Crippen LogP contribution in [0.1, 0.15) is 35.2 Å². The molecule has 1 aliphatic rings. The van der Waals surface area contributed by atoms with Crippen molar-refractivity contribution in [1.29, 1.82) is 0 Å². The Labute approximate surface area is 113 Å². The molecule has 1 fully saturated rings. The second-order valence-electron chi connectivity index (χ2n) is 5.23. The number of hydrogen-bond acceptors (Lipinski definition) is 2. The number of carboxylic acid groups (broad SMARTS) is 1. The number of nitrogens with zero attached hydrogens (tertiary/aromatic N) is 1. The van der Waals surface area contributed by atoms with Crippen LogP contribution >= 0.6 is 0 Å². The van der Waals surface area contributed by atoms with Crippen molar-refractivity contribution in [2.75, 3.05) is 13.6 Å². The number of rotatable bonds is 6. The normalized spacial score (nSPS) is 14.2. The standard InChI is InChI=1S/C15H19NO3/c1-16(8-7-11-5-6-11)14(17)10-12-3-2-4-13(9-12)15(18)19/h2-4,9,11H,5-8,10H2,1H3,(H,18,19). The number of hydrogen-bond donors (Lipinski definition) is 1. The molecular weight excluding hydrogens is 242 g/mol. The van der Waals surface area contributed by atoms with Crippen molar-refractivity contribution in [3.05, 3.63) is 35.4 Å². The molecule has 1 N–H and O–H groups in total. The number of carbonyl (C=O) groups excluding carboxylic acids is 1. The van der Waals surface area contributed by atoms with E-state index in [2.05, 4.69) is 0 Å². The summed E-state index contributed by atoms with van der Waals surface area (Å²) in [5.74, 6) is -0.106. The molecule has 1 aromatic carbocycles. The molecule has 0 radical (unpaired) electrons. The van der Waals surface area contributed by atoms with Crippen LogP contribution < -0.4 is 0 Å². The van der Waals surface area contributed by atoms with E-state index in [1.165, 1.54) is 18.9 Å². The summed E-state index contributed by atoms with van der Waals surface area (Å²) in [5, 5.41) is 8.91. The maximum Gasteiger partial charge on any atom is 0.335 e. The Hall–Kier alpha value is -1.84. The minimum atomic E-state index is -0.962. The topological polar surface area (TPSA) is 57.6 Å². The minimum absolute atomic E-state index is 0.0446. The fourth-order valence-electron chi connectivity index (χ4n) is 2.03. The molecule has 0 aromatic heterocycles. The number of benzene rings is 1. The number of carbonyl (C=O) groups is 2. The molecule has 0 unspecified atom stereocenters. The Bertz CT molecular complexity index is 480. The summed E-state index contributed by atoms with van der Waals surface area (Å²) in [4.78, 5) is 24.6. The molecule has 4 nitrogen and oxygen atoms in total. The van der Waals surface area contributed by atoms with E-state index in [0.29, 0.717) is 0 Å². The summed E-state index contributed by atoms with van der Waals surface area (Å²) in [5.41, 5.74) is 0.981. The number of aromatic carboxylic acids is 1. The average molecular weight is 261 g/mol. The van der Waals surface area contributed by atoms with E-state index in [9.17, 15) is 9.59 Å². The van der Waals surface area contributed by atoms with Gasteiger partial charge in [-0.2, -0.15) is 0 Å². The van der Waals surface area contributed by atoms with E-state index in [-0.39, 0.29) is 17.9 Å². The molecule has 19 heavy (non-hydrogen) atoms. The van der Waals surface area contributed by atoms with Gasteiger partial charge < -0.3 is 10.0 Å². The summed E-state index contributed by atoms with van der Waals surface area (Å²) >= 11 is 0. The van der Waals surface area contributed by atoms with E-state index in [0.717, 1.165) is 24.4 Å². The van der Waals surface area contributed by atoms with Gasteiger partial charge in [0.15, 0.2) is 0 Å². The van der Waals surface area contributed by atoms with E-state index in [4.69, 9.17) is 5.11 Å². The van der Waals surface area contributed by atoms with Crippen LogP contribution in [0.5, 0.6) is 0 Å². The number of likely N-dealkylation sites (N-methyl/N-ethyl adjacent to an activating group) is 1. The Morgan fingerprint density at radius 2 is 2.11 bits per heavy atom. The van der Waals surface area contributed by atoms with Crippen molar-refractivity contribution in [2.24, 2.45) is 5.92 Å². The Morgan fingerprint density at radius 1 is 1.37 bits per heavy atom. The fourth-order valence-corrected chi connectivity index (χ4v) is 2.03. The Balaban J connectivity index is 1.89. The molecule has 2 rings (SSSR count). The van der Waals surface area contributed by atoms with Gasteiger partial charge in [-0.3, -0.25) is 4.79 Å². The molecule has 1 amide bonds. The van der Waals surface area contributed by atoms with Crippen LogP contribution in [0.4, 0.5) is 0 Å². The second kappa shape index (κ2) is 5.87. The first kappa shape index (κ1) is 13.6. The third-order valence-corrected chi connectivity index (χ3v) is 3.52. The molecule has 1 aliphatic carbocycles. The van der Waals surface area contributed by atoms with Crippen molar-refractivity contribution < 1.29 is 14.7 Å². The van der Waals surface area contributed by atoms with Crippen LogP contribution in [0.25, 0.3) is 0 Å². The first-order valence-corrected chi connectivity index (χ1v) is 6.62. The largest absolute Gasteiger partial charge is 0.478 e. The molecule has 4 heteroatoms. The van der Waals surface area contributed by atoms with Crippen molar-refractivity contribution in [3.8, 4) is 0 Å². The quantitative estimate of drug-likeness (QED) is 0.854. The summed E-state index contributed by atoms with van der Waals surface area (Å²) < 4.78 is 0. The highest BCUT2D eigenvalue weighted by Crippen LogP contribution is 2.32. The predicted octanol–water partition coefficient (Wildman–Crippen LogP) is 2.19. The van der Waals surface area contributed by atoms with Gasteiger partial charge >= 0.3 is 5.97 Å². The third-order valence-electron chi connectivity index (χ3n) is 3.52. The molecule has 0 heterocycles. The van der Waals surface area contributed by atoms with Crippen LogP contribution in [0.15, 0.2) is 24.3 Å². The minimum Gasteiger partial charge on any atom is -0.478 e. The van der Waals surface area contributed by atoms with Crippen LogP contribution in [-0.4, -0.2) is 35.5 Å². The highest BCUT2D eigenvalue weighted by atomic mass is 16.4. The van der Waals surface area contributed by atoms with Gasteiger partial charge in [-0.15, -0.1) is 0 Å². The highest BCUT2D eigenvalue weighted by molar-refractivity contribution is 5.88. The first-order valence-electron chi connectivity index (χ1n) is 6.62. The van der Waals surface area contributed by atoms with E-state index in [1.54, 1.807) is 23.1 Å². The smallest absolute Gasteiger partial charge is 0.335 e. The maximum atomic E-state index is 12.0. The van der Waals surface area contributed by atoms with Crippen molar-refractivity contribution >= 4 is 11.9 Å². The number of carboxylic acids is 1. The lowest BCUT2D eigenvalue weighted by Gasteiger charge is -2.17. The number of amides is 1. The summed E-state index contributed by atoms with van der Waals surface area (Å²) in [6, 6.07) is 6.57. The lowest BCUT2D eigenvalue weighted by atomic mass is 10.1. The highest BCUT2D eigenvalue weighted by Gasteiger charge is 2.22. The molecular formula is C15H19NO3. The molecule has 0 spiro atoms. The van der Waals surface area contributed by atoms with Gasteiger partial charge in [-0.05, 0) is 30.0 Å². The van der Waals surface area contributed by atoms with Crippen molar-refractivity contribution in [1.82, 2.24) is 4.90 Å². The van der Waals surface area contributed by atoms with Gasteiger partial charge in [-0.25, -0.2) is 4.79 Å². The summed E-state index contributed by atoms with van der Waals surface area (Å²) in [6.07, 6.45) is 3.94. The monoisotopic (exact) mass is 261 g/mol. The molecule has 0 atom stereocenters. The molecule has 102 valence electrons. The van der Waals surface area contributed by atoms with Gasteiger partial charge in [-0.1, -0.05) is 25.0 Å². The van der Waals surface area contributed by atoms with Gasteiger partial charge in [0.05, 0.1) is 12.0 Å². The van der Waals surface area contributed by atoms with E-state index >= 15 is 0 Å². The lowest BCUT2D eigenvalue weighted by Crippen LogP contribution is -2.29. The van der Waals surface area contributed by atoms with Gasteiger partial charge in [0.25, 0.3) is 0 Å². The molecule has 0 bridgehead atoms. The Morgan fingerprint density at radius 3 is 2.74 bits per heavy atom. The zero-order chi connectivity index (χ0) is 13.8. The third kappa shape index (κ3) is 4.09. The van der Waals surface area contributed by atoms with E-state index in [1.807, 2.05) is 7.05 Å². The second-order valence-corrected chi connectivity index (χ2v) is 5.23. The SMILES string of the molecule is CN(CCC1CC1)C(=O)Cc1cccc(C(=O)O)c1. The zero-order valence-electron chi connectivity index (χ0n) is 11.1. The molecule has 0 aliphatic heterocycles. The first-order chi connectivity index (χ1) is 9.06. The predicted molar refractivity (Wildman–Crippen MR) is 72.1 cm³/mol. The van der Waals surface area contributed by atoms with E-state index < -0.39 is 5.97 Å². The van der Waals surface area contributed by atoms with Crippen LogP contribution in [-0.2, 0) is 11.2 Å². The van der Waals surface area contributed by atoms with Gasteiger partial charge in [0, 0.05) is 13.6 Å². The van der Waals surface area contributed by atoms with Crippen LogP contribution in [0.2, 0.25) is 0 Å². The Kier molecular flexibility index (Phi) is 4.20. The lowest BCUT2D eigenvalue weighted by molar-refractivity contribution is -0.129. The maximum absolute atomic E-state index is 12.0. The zero-order valence-corrected chi connectivity index (χ0v) is 11.1. The van der Waals surface area contributed by atoms with Gasteiger partial charge in [0.1, 0.15) is 0 Å². The van der Waals surface area contributed by atoms with Gasteiger partial charge in [0.2, 0.25) is 5.91 Å². The summed E-state index contributed by atoms with van der Waals surface area (Å²) in [7, 11) is 1.81. The molecule has 1 aromatic rings. The van der Waals surface area contributed by atoms with Crippen LogP contribution in [0, 0.1) is 5.92 Å².